The molecule has 2 aromatic rings. The number of hydrogen-bond acceptors (Lipinski definition) is 3. The van der Waals surface area contributed by atoms with E-state index in [1.165, 1.54) is 0 Å². The highest BCUT2D eigenvalue weighted by Crippen LogP contribution is 2.40. The highest BCUT2D eigenvalue weighted by Gasteiger charge is 2.31. The van der Waals surface area contributed by atoms with Crippen LogP contribution >= 0.6 is 11.6 Å². The highest BCUT2D eigenvalue weighted by molar-refractivity contribution is 6.31. The molecule has 0 radical (unpaired) electrons. The molecule has 110 valence electrons. The Labute approximate surface area is 134 Å². The Balaban J connectivity index is 2.14. The second-order valence-corrected chi connectivity index (χ2v) is 6.20. The fraction of sp³-hybridized carbons (Fsp3) is 0.167. The molecule has 0 aliphatic carbocycles. The topological polar surface area (TPSA) is 45.0 Å². The van der Waals surface area contributed by atoms with Crippen molar-refractivity contribution < 1.29 is 4.74 Å². The molecule has 1 aliphatic rings. The van der Waals surface area contributed by atoms with E-state index in [0.717, 1.165) is 22.4 Å². The fourth-order valence-corrected chi connectivity index (χ4v) is 2.93. The minimum Gasteiger partial charge on any atom is -0.469 e. The lowest BCUT2D eigenvalue weighted by Gasteiger charge is -2.35. The van der Waals surface area contributed by atoms with Crippen molar-refractivity contribution in [3.8, 4) is 17.2 Å². The predicted molar refractivity (Wildman–Crippen MR) is 88.5 cm³/mol. The summed E-state index contributed by atoms with van der Waals surface area (Å²) < 4.78 is 5.78. The standard InChI is InChI=1S/C18H15ClN2O/c1-11-21-17-5-4-13(9-16(17)18(2,3)22-11)14-6-12(10-20)7-15(19)8-14/h4-9,21H,1H2,2-3H3. The number of hydrogen-bond donors (Lipinski definition) is 1. The quantitative estimate of drug-likeness (QED) is 0.803. The summed E-state index contributed by atoms with van der Waals surface area (Å²) in [7, 11) is 0. The molecule has 0 atom stereocenters. The minimum absolute atomic E-state index is 0.468. The third-order valence-corrected chi connectivity index (χ3v) is 3.90. The molecule has 0 aromatic heterocycles. The lowest BCUT2D eigenvalue weighted by atomic mass is 9.91. The first-order valence-corrected chi connectivity index (χ1v) is 7.27. The second-order valence-electron chi connectivity index (χ2n) is 5.76. The lowest BCUT2D eigenvalue weighted by molar-refractivity contribution is 0.0298. The molecule has 0 amide bonds. The Kier molecular flexibility index (Phi) is 3.35. The molecule has 0 saturated carbocycles. The van der Waals surface area contributed by atoms with Crippen LogP contribution in [0.15, 0.2) is 48.9 Å². The van der Waals surface area contributed by atoms with E-state index in [2.05, 4.69) is 24.0 Å². The summed E-state index contributed by atoms with van der Waals surface area (Å²) in [5.74, 6) is 0.541. The van der Waals surface area contributed by atoms with E-state index in [1.807, 2.05) is 38.1 Å². The van der Waals surface area contributed by atoms with Crippen molar-refractivity contribution in [2.45, 2.75) is 19.4 Å². The molecule has 3 nitrogen and oxygen atoms in total. The summed E-state index contributed by atoms with van der Waals surface area (Å²) in [6.07, 6.45) is 0. The van der Waals surface area contributed by atoms with Gasteiger partial charge in [-0.05, 0) is 61.9 Å². The van der Waals surface area contributed by atoms with Gasteiger partial charge in [0.1, 0.15) is 5.60 Å². The number of nitriles is 1. The third-order valence-electron chi connectivity index (χ3n) is 3.68. The van der Waals surface area contributed by atoms with E-state index >= 15 is 0 Å². The van der Waals surface area contributed by atoms with Gasteiger partial charge in [0.2, 0.25) is 0 Å². The van der Waals surface area contributed by atoms with Crippen LogP contribution < -0.4 is 5.32 Å². The number of fused-ring (bicyclic) bond motifs is 1. The van der Waals surface area contributed by atoms with Crippen LogP contribution in [0.1, 0.15) is 25.0 Å². The van der Waals surface area contributed by atoms with Crippen molar-refractivity contribution in [2.24, 2.45) is 0 Å². The number of nitrogens with one attached hydrogen (secondary N) is 1. The molecule has 3 rings (SSSR count). The van der Waals surface area contributed by atoms with Gasteiger partial charge >= 0.3 is 0 Å². The van der Waals surface area contributed by atoms with Crippen molar-refractivity contribution in [2.75, 3.05) is 5.32 Å². The molecule has 0 fully saturated rings. The lowest BCUT2D eigenvalue weighted by Crippen LogP contribution is -2.29. The zero-order valence-electron chi connectivity index (χ0n) is 12.4. The van der Waals surface area contributed by atoms with Gasteiger partial charge in [-0.15, -0.1) is 0 Å². The Morgan fingerprint density at radius 1 is 1.18 bits per heavy atom. The van der Waals surface area contributed by atoms with Gasteiger partial charge in [-0.25, -0.2) is 0 Å². The summed E-state index contributed by atoms with van der Waals surface area (Å²) in [5.41, 5.74) is 3.99. The average Bonchev–Trinajstić information content (AvgIpc) is 2.45. The van der Waals surface area contributed by atoms with Crippen molar-refractivity contribution in [3.05, 3.63) is 65.0 Å². The number of benzene rings is 2. The molecule has 2 aromatic carbocycles. The first-order chi connectivity index (χ1) is 10.4. The van der Waals surface area contributed by atoms with Crippen molar-refractivity contribution in [3.63, 3.8) is 0 Å². The molecule has 4 heteroatoms. The average molecular weight is 311 g/mol. The first kappa shape index (κ1) is 14.5. The zero-order chi connectivity index (χ0) is 15.9. The Morgan fingerprint density at radius 2 is 1.95 bits per heavy atom. The van der Waals surface area contributed by atoms with E-state index in [-0.39, 0.29) is 0 Å². The Hall–Kier alpha value is -2.44. The minimum atomic E-state index is -0.468. The summed E-state index contributed by atoms with van der Waals surface area (Å²) >= 11 is 6.10. The summed E-state index contributed by atoms with van der Waals surface area (Å²) in [6.45, 7) is 7.84. The summed E-state index contributed by atoms with van der Waals surface area (Å²) in [4.78, 5) is 0. The number of nitrogens with zero attached hydrogens (tertiary/aromatic N) is 1. The number of ether oxygens (including phenoxy) is 1. The second kappa shape index (κ2) is 5.08. The van der Waals surface area contributed by atoms with E-state index in [0.29, 0.717) is 16.5 Å². The van der Waals surface area contributed by atoms with Gasteiger partial charge in [-0.3, -0.25) is 0 Å². The maximum absolute atomic E-state index is 9.09. The van der Waals surface area contributed by atoms with Gasteiger partial charge in [-0.1, -0.05) is 17.7 Å². The van der Waals surface area contributed by atoms with Crippen LogP contribution in [0.25, 0.3) is 11.1 Å². The van der Waals surface area contributed by atoms with Gasteiger partial charge in [0.15, 0.2) is 5.88 Å². The van der Waals surface area contributed by atoms with Crippen LogP contribution in [0.2, 0.25) is 5.02 Å². The zero-order valence-corrected chi connectivity index (χ0v) is 13.2. The monoisotopic (exact) mass is 310 g/mol. The number of halogens is 1. The molecule has 0 spiro atoms. The maximum Gasteiger partial charge on any atom is 0.184 e. The van der Waals surface area contributed by atoms with Gasteiger partial charge in [0.05, 0.1) is 11.6 Å². The molecule has 0 saturated heterocycles. The molecular formula is C18H15ClN2O. The van der Waals surface area contributed by atoms with Crippen LogP contribution in [0.3, 0.4) is 0 Å². The number of rotatable bonds is 1. The van der Waals surface area contributed by atoms with Gasteiger partial charge in [0.25, 0.3) is 0 Å². The van der Waals surface area contributed by atoms with Gasteiger partial charge in [-0.2, -0.15) is 5.26 Å². The molecule has 22 heavy (non-hydrogen) atoms. The van der Waals surface area contributed by atoms with Gasteiger partial charge in [0, 0.05) is 16.3 Å². The van der Waals surface area contributed by atoms with Gasteiger partial charge < -0.3 is 10.1 Å². The maximum atomic E-state index is 9.09. The molecule has 0 unspecified atom stereocenters. The molecule has 1 N–H and O–H groups in total. The molecule has 1 heterocycles. The van der Waals surface area contributed by atoms with E-state index in [1.54, 1.807) is 6.07 Å². The van der Waals surface area contributed by atoms with Crippen molar-refractivity contribution >= 4 is 17.3 Å². The van der Waals surface area contributed by atoms with Crippen molar-refractivity contribution in [1.82, 2.24) is 0 Å². The summed E-state index contributed by atoms with van der Waals surface area (Å²) in [6, 6.07) is 13.5. The Bertz CT molecular complexity index is 818. The van der Waals surface area contributed by atoms with E-state index in [9.17, 15) is 0 Å². The van der Waals surface area contributed by atoms with E-state index in [4.69, 9.17) is 21.6 Å². The SMILES string of the molecule is C=C1Nc2ccc(-c3cc(Cl)cc(C#N)c3)cc2C(C)(C)O1. The Morgan fingerprint density at radius 3 is 2.68 bits per heavy atom. The third kappa shape index (κ3) is 2.54. The van der Waals surface area contributed by atoms with Crippen LogP contribution in [-0.4, -0.2) is 0 Å². The van der Waals surface area contributed by atoms with Crippen LogP contribution in [0.5, 0.6) is 0 Å². The number of anilines is 1. The smallest absolute Gasteiger partial charge is 0.184 e. The van der Waals surface area contributed by atoms with Crippen molar-refractivity contribution in [1.29, 1.82) is 5.26 Å². The largest absolute Gasteiger partial charge is 0.469 e. The molecular weight excluding hydrogens is 296 g/mol. The fourth-order valence-electron chi connectivity index (χ4n) is 2.69. The van der Waals surface area contributed by atoms with Crippen LogP contribution in [-0.2, 0) is 10.3 Å². The highest BCUT2D eigenvalue weighted by atomic mass is 35.5. The normalized spacial score (nSPS) is 15.3. The predicted octanol–water partition coefficient (Wildman–Crippen LogP) is 5.03. The first-order valence-electron chi connectivity index (χ1n) is 6.89. The van der Waals surface area contributed by atoms with E-state index < -0.39 is 5.60 Å². The van der Waals surface area contributed by atoms with Crippen LogP contribution in [0.4, 0.5) is 5.69 Å². The van der Waals surface area contributed by atoms with Crippen LogP contribution in [0, 0.1) is 11.3 Å². The summed E-state index contributed by atoms with van der Waals surface area (Å²) in [5, 5.41) is 12.8. The molecule has 1 aliphatic heterocycles. The molecule has 0 bridgehead atoms.